The molecule has 28 heavy (non-hydrogen) atoms. The van der Waals surface area contributed by atoms with E-state index >= 15 is 0 Å². The fourth-order valence-electron chi connectivity index (χ4n) is 2.77. The van der Waals surface area contributed by atoms with E-state index < -0.39 is 0 Å². The van der Waals surface area contributed by atoms with E-state index in [2.05, 4.69) is 21.4 Å². The molecule has 0 saturated carbocycles. The van der Waals surface area contributed by atoms with E-state index in [1.807, 2.05) is 23.6 Å². The lowest BCUT2D eigenvalue weighted by Crippen LogP contribution is -2.27. The third kappa shape index (κ3) is 4.95. The zero-order chi connectivity index (χ0) is 19.8. The molecule has 2 heterocycles. The normalized spacial score (nSPS) is 10.3. The van der Waals surface area contributed by atoms with E-state index in [9.17, 15) is 4.79 Å². The number of carbonyl (C=O) groups excluding carboxylic acids is 1. The van der Waals surface area contributed by atoms with E-state index in [4.69, 9.17) is 10.00 Å². The smallest absolute Gasteiger partial charge is 0.270 e. The lowest BCUT2D eigenvalue weighted by molar-refractivity contribution is 0.0948. The Morgan fingerprint density at radius 2 is 2.11 bits per heavy atom. The van der Waals surface area contributed by atoms with Crippen molar-refractivity contribution in [3.8, 4) is 11.8 Å². The number of nitrogens with one attached hydrogen (secondary N) is 1. The summed E-state index contributed by atoms with van der Waals surface area (Å²) >= 11 is 0. The van der Waals surface area contributed by atoms with Gasteiger partial charge in [-0.25, -0.2) is 4.98 Å². The molecule has 0 unspecified atom stereocenters. The first-order chi connectivity index (χ1) is 13.7. The van der Waals surface area contributed by atoms with Crippen LogP contribution in [0.4, 0.5) is 0 Å². The van der Waals surface area contributed by atoms with Crippen LogP contribution in [0, 0.1) is 11.3 Å². The zero-order valence-electron chi connectivity index (χ0n) is 15.6. The maximum atomic E-state index is 12.3. The molecule has 0 atom stereocenters. The highest BCUT2D eigenvalue weighted by molar-refractivity contribution is 5.92. The molecule has 0 aliphatic carbocycles. The number of aromatic nitrogens is 3. The van der Waals surface area contributed by atoms with Crippen molar-refractivity contribution in [3.63, 3.8) is 0 Å². The van der Waals surface area contributed by atoms with Gasteiger partial charge in [0.15, 0.2) is 0 Å². The largest absolute Gasteiger partial charge is 0.494 e. The van der Waals surface area contributed by atoms with Crippen molar-refractivity contribution in [3.05, 3.63) is 77.6 Å². The lowest BCUT2D eigenvalue weighted by Gasteiger charge is -2.10. The number of ether oxygens (including phenoxy) is 1. The van der Waals surface area contributed by atoms with Gasteiger partial charge in [0.1, 0.15) is 11.4 Å². The highest BCUT2D eigenvalue weighted by Crippen LogP contribution is 2.11. The van der Waals surface area contributed by atoms with Crippen LogP contribution in [0.15, 0.2) is 55.1 Å². The van der Waals surface area contributed by atoms with Crippen LogP contribution in [0.25, 0.3) is 0 Å². The van der Waals surface area contributed by atoms with Crippen LogP contribution in [-0.2, 0) is 13.0 Å². The average molecular weight is 375 g/mol. The molecular weight excluding hydrogens is 354 g/mol. The number of benzene rings is 1. The summed E-state index contributed by atoms with van der Waals surface area (Å²) in [6, 6.07) is 12.9. The number of carbonyl (C=O) groups is 1. The van der Waals surface area contributed by atoms with Gasteiger partial charge < -0.3 is 14.6 Å². The SMILES string of the molecule is CCOc1ccnc(C(=O)NCCc2cncn2Cc2ccc(C#N)cc2)c1. The summed E-state index contributed by atoms with van der Waals surface area (Å²) in [7, 11) is 0. The Balaban J connectivity index is 1.55. The fourth-order valence-corrected chi connectivity index (χ4v) is 2.77. The molecule has 0 fully saturated rings. The first-order valence-corrected chi connectivity index (χ1v) is 9.04. The molecule has 0 spiro atoms. The van der Waals surface area contributed by atoms with Crippen LogP contribution in [-0.4, -0.2) is 33.6 Å². The van der Waals surface area contributed by atoms with Crippen LogP contribution in [0.5, 0.6) is 5.75 Å². The van der Waals surface area contributed by atoms with Gasteiger partial charge in [0.05, 0.1) is 24.6 Å². The van der Waals surface area contributed by atoms with Gasteiger partial charge in [-0.1, -0.05) is 12.1 Å². The summed E-state index contributed by atoms with van der Waals surface area (Å²) in [5.74, 6) is 0.392. The Labute approximate surface area is 163 Å². The summed E-state index contributed by atoms with van der Waals surface area (Å²) in [4.78, 5) is 20.6. The first kappa shape index (κ1) is 19.1. The second-order valence-electron chi connectivity index (χ2n) is 6.14. The highest BCUT2D eigenvalue weighted by atomic mass is 16.5. The van der Waals surface area contributed by atoms with Gasteiger partial charge in [0.2, 0.25) is 0 Å². The van der Waals surface area contributed by atoms with Gasteiger partial charge in [-0.3, -0.25) is 9.78 Å². The lowest BCUT2D eigenvalue weighted by atomic mass is 10.1. The van der Waals surface area contributed by atoms with E-state index in [1.165, 1.54) is 0 Å². The van der Waals surface area contributed by atoms with Gasteiger partial charge in [-0.05, 0) is 30.7 Å². The molecule has 2 aromatic heterocycles. The minimum atomic E-state index is -0.236. The van der Waals surface area contributed by atoms with Crippen molar-refractivity contribution in [2.24, 2.45) is 0 Å². The van der Waals surface area contributed by atoms with E-state index in [-0.39, 0.29) is 5.91 Å². The number of hydrogen-bond acceptors (Lipinski definition) is 5. The Morgan fingerprint density at radius 3 is 2.86 bits per heavy atom. The van der Waals surface area contributed by atoms with Gasteiger partial charge >= 0.3 is 0 Å². The molecule has 0 saturated heterocycles. The number of hydrogen-bond donors (Lipinski definition) is 1. The topological polar surface area (TPSA) is 92.8 Å². The Bertz CT molecular complexity index is 973. The molecule has 1 aromatic carbocycles. The Kier molecular flexibility index (Phi) is 6.37. The van der Waals surface area contributed by atoms with Crippen molar-refractivity contribution in [2.75, 3.05) is 13.2 Å². The van der Waals surface area contributed by atoms with Crippen LogP contribution in [0.1, 0.15) is 34.2 Å². The number of nitriles is 1. The molecule has 7 heteroatoms. The van der Waals surface area contributed by atoms with Crippen molar-refractivity contribution in [1.29, 1.82) is 5.26 Å². The summed E-state index contributed by atoms with van der Waals surface area (Å²) in [5.41, 5.74) is 3.07. The maximum absolute atomic E-state index is 12.3. The molecule has 0 aliphatic heterocycles. The second kappa shape index (κ2) is 9.33. The van der Waals surface area contributed by atoms with Gasteiger partial charge in [0, 0.05) is 43.7 Å². The van der Waals surface area contributed by atoms with E-state index in [0.717, 1.165) is 11.3 Å². The molecular formula is C21H21N5O2. The van der Waals surface area contributed by atoms with Crippen LogP contribution >= 0.6 is 0 Å². The zero-order valence-corrected chi connectivity index (χ0v) is 15.6. The minimum absolute atomic E-state index is 0.236. The molecule has 0 aliphatic rings. The second-order valence-corrected chi connectivity index (χ2v) is 6.14. The van der Waals surface area contributed by atoms with Crippen molar-refractivity contribution >= 4 is 5.91 Å². The minimum Gasteiger partial charge on any atom is -0.494 e. The maximum Gasteiger partial charge on any atom is 0.270 e. The van der Waals surface area contributed by atoms with Crippen LogP contribution in [0.2, 0.25) is 0 Å². The standard InChI is InChI=1S/C21H21N5O2/c1-2-28-19-8-10-24-20(11-19)21(27)25-9-7-18-13-23-15-26(18)14-17-5-3-16(12-22)4-6-17/h3-6,8,10-11,13,15H,2,7,9,14H2,1H3,(H,25,27). The summed E-state index contributed by atoms with van der Waals surface area (Å²) in [5, 5.41) is 11.8. The fraction of sp³-hybridized carbons (Fsp3) is 0.238. The molecule has 1 N–H and O–H groups in total. The number of nitrogens with zero attached hydrogens (tertiary/aromatic N) is 4. The monoisotopic (exact) mass is 375 g/mol. The molecule has 3 aromatic rings. The third-order valence-corrected chi connectivity index (χ3v) is 4.18. The number of rotatable bonds is 8. The molecule has 142 valence electrons. The van der Waals surface area contributed by atoms with Crippen LogP contribution in [0.3, 0.4) is 0 Å². The number of imidazole rings is 1. The van der Waals surface area contributed by atoms with Crippen molar-refractivity contribution in [1.82, 2.24) is 19.9 Å². The summed E-state index contributed by atoms with van der Waals surface area (Å²) in [6.45, 7) is 3.56. The third-order valence-electron chi connectivity index (χ3n) is 4.18. The predicted octanol–water partition coefficient (Wildman–Crippen LogP) is 2.57. The molecule has 0 radical (unpaired) electrons. The summed E-state index contributed by atoms with van der Waals surface area (Å²) < 4.78 is 7.43. The average Bonchev–Trinajstić information content (AvgIpc) is 3.16. The predicted molar refractivity (Wildman–Crippen MR) is 104 cm³/mol. The first-order valence-electron chi connectivity index (χ1n) is 9.04. The highest BCUT2D eigenvalue weighted by Gasteiger charge is 2.09. The quantitative estimate of drug-likeness (QED) is 0.653. The molecule has 3 rings (SSSR count). The summed E-state index contributed by atoms with van der Waals surface area (Å²) in [6.07, 6.45) is 5.77. The van der Waals surface area contributed by atoms with E-state index in [0.29, 0.717) is 43.1 Å². The number of amides is 1. The van der Waals surface area contributed by atoms with Crippen LogP contribution < -0.4 is 10.1 Å². The number of pyridine rings is 1. The van der Waals surface area contributed by atoms with E-state index in [1.54, 1.807) is 43.0 Å². The van der Waals surface area contributed by atoms with Crippen molar-refractivity contribution in [2.45, 2.75) is 19.9 Å². The molecule has 7 nitrogen and oxygen atoms in total. The van der Waals surface area contributed by atoms with Gasteiger partial charge in [-0.2, -0.15) is 5.26 Å². The molecule has 0 bridgehead atoms. The van der Waals surface area contributed by atoms with Crippen molar-refractivity contribution < 1.29 is 9.53 Å². The Morgan fingerprint density at radius 1 is 1.29 bits per heavy atom. The van der Waals surface area contributed by atoms with Gasteiger partial charge in [0.25, 0.3) is 5.91 Å². The van der Waals surface area contributed by atoms with Gasteiger partial charge in [-0.15, -0.1) is 0 Å². The Hall–Kier alpha value is -3.66. The molecule has 1 amide bonds.